The van der Waals surface area contributed by atoms with Gasteiger partial charge < -0.3 is 27.6 Å². The van der Waals surface area contributed by atoms with Crippen molar-refractivity contribution in [3.63, 3.8) is 0 Å². The lowest BCUT2D eigenvalue weighted by molar-refractivity contribution is 0.668. The zero-order valence-corrected chi connectivity index (χ0v) is 59.4. The summed E-state index contributed by atoms with van der Waals surface area (Å²) in [5.74, 6) is 0. The molecule has 0 amide bonds. The fourth-order valence-electron chi connectivity index (χ4n) is 20.0. The predicted molar refractivity (Wildman–Crippen MR) is 451 cm³/mol. The van der Waals surface area contributed by atoms with Crippen LogP contribution < -0.4 is 9.80 Å². The number of aromatic nitrogens is 1. The van der Waals surface area contributed by atoms with E-state index in [0.717, 1.165) is 106 Å². The van der Waals surface area contributed by atoms with Crippen LogP contribution in [0.25, 0.3) is 138 Å². The number of para-hydroxylation sites is 5. The minimum absolute atomic E-state index is 0.438. The topological polar surface area (TPSA) is 50.8 Å². The Kier molecular flexibility index (Phi) is 12.7. The van der Waals surface area contributed by atoms with Gasteiger partial charge in [-0.1, -0.05) is 261 Å². The van der Waals surface area contributed by atoms with Gasteiger partial charge in [-0.15, -0.1) is 0 Å². The van der Waals surface area contributed by atoms with Gasteiger partial charge in [-0.3, -0.25) is 0 Å². The average molecular weight is 1400 g/mol. The van der Waals surface area contributed by atoms with Crippen molar-refractivity contribution in [1.82, 2.24) is 4.57 Å². The maximum Gasteiger partial charge on any atom is 0.137 e. The molecule has 0 saturated carbocycles. The molecule has 0 unspecified atom stereocenters. The minimum atomic E-state index is -0.448. The van der Waals surface area contributed by atoms with Crippen LogP contribution in [0.15, 0.2) is 395 Å². The molecule has 0 aliphatic heterocycles. The number of nitrogens with zero attached hydrogens (tertiary/aromatic N) is 3. The Hall–Kier alpha value is -14.5. The maximum absolute atomic E-state index is 6.57. The molecule has 0 bridgehead atoms. The number of benzene rings is 17. The molecule has 0 N–H and O–H groups in total. The number of fused-ring (bicyclic) bond motifs is 32. The van der Waals surface area contributed by atoms with Crippen LogP contribution in [0.3, 0.4) is 0 Å². The molecule has 2 spiro atoms. The summed E-state index contributed by atoms with van der Waals surface area (Å²) in [5, 5.41) is 9.11. The van der Waals surface area contributed by atoms with E-state index < -0.39 is 10.8 Å². The molecule has 0 radical (unpaired) electrons. The molecule has 21 aromatic rings. The van der Waals surface area contributed by atoms with Crippen molar-refractivity contribution >= 4 is 122 Å². The van der Waals surface area contributed by atoms with Gasteiger partial charge >= 0.3 is 0 Å². The highest BCUT2D eigenvalue weighted by Gasteiger charge is 2.54. The van der Waals surface area contributed by atoms with Gasteiger partial charge in [0.05, 0.1) is 33.2 Å². The number of rotatable bonds is 7. The highest BCUT2D eigenvalue weighted by molar-refractivity contribution is 6.14. The highest BCUT2D eigenvalue weighted by Crippen LogP contribution is 2.67. The molecular weight excluding hydrogens is 1340 g/mol. The monoisotopic (exact) mass is 1400 g/mol. The van der Waals surface area contributed by atoms with Crippen LogP contribution in [0.4, 0.5) is 34.1 Å². The highest BCUT2D eigenvalue weighted by atomic mass is 16.3. The van der Waals surface area contributed by atoms with Crippen LogP contribution in [0.1, 0.15) is 44.5 Å². The lowest BCUT2D eigenvalue weighted by Gasteiger charge is -2.31. The summed E-state index contributed by atoms with van der Waals surface area (Å²) < 4.78 is 21.9. The molecule has 512 valence electrons. The van der Waals surface area contributed by atoms with Crippen molar-refractivity contribution in [3.8, 4) is 50.2 Å². The van der Waals surface area contributed by atoms with E-state index in [4.69, 9.17) is 13.3 Å². The Bertz CT molecular complexity index is 7270. The summed E-state index contributed by atoms with van der Waals surface area (Å²) in [7, 11) is 0. The smallest absolute Gasteiger partial charge is 0.137 e. The van der Waals surface area contributed by atoms with Crippen LogP contribution in [0.5, 0.6) is 0 Å². The Labute approximate surface area is 633 Å². The standard InChI is InChI=1S/C55H34N2O.C49H29NO2/c1-2-15-35(16-3-1)57-49-26-12-7-19-40(49)44-33-36(30-32-50(44)57)56(37-29-31-42-41-20-8-13-28-52(41)58-53(42)34-37)51-27-14-25-48-54(51)43-21-6-11-24-47(43)55(48)45-22-9-4-17-38(45)39-18-5-10-23-46(39)55;1-6-17-39-32(12-1)33-13-2-7-18-40(33)49(39)41-19-8-3-16-38(41)48-42(49)20-11-21-43(48)50(30-24-26-36-34-14-4-9-22-44(34)51-46(36)28-30)31-25-27-37-35-15-5-10-23-45(35)52-47(37)29-31/h1-34H;1-29H. The molecule has 4 aliphatic carbocycles. The molecular formula is C104H63N3O3. The Morgan fingerprint density at radius 3 is 0.918 bits per heavy atom. The van der Waals surface area contributed by atoms with E-state index in [1.165, 1.54) is 111 Å². The third kappa shape index (κ3) is 8.25. The van der Waals surface area contributed by atoms with Crippen molar-refractivity contribution in [1.29, 1.82) is 0 Å². The maximum atomic E-state index is 6.57. The molecule has 0 fully saturated rings. The van der Waals surface area contributed by atoms with Gasteiger partial charge in [0.25, 0.3) is 0 Å². The van der Waals surface area contributed by atoms with E-state index in [1.807, 2.05) is 30.3 Å². The van der Waals surface area contributed by atoms with Crippen LogP contribution in [-0.4, -0.2) is 4.57 Å². The second-order valence-electron chi connectivity index (χ2n) is 29.6. The number of furan rings is 3. The van der Waals surface area contributed by atoms with E-state index >= 15 is 0 Å². The fourth-order valence-corrected chi connectivity index (χ4v) is 20.0. The molecule has 17 aromatic carbocycles. The largest absolute Gasteiger partial charge is 0.456 e. The van der Waals surface area contributed by atoms with Gasteiger partial charge in [-0.2, -0.15) is 0 Å². The third-order valence-corrected chi connectivity index (χ3v) is 24.3. The third-order valence-electron chi connectivity index (χ3n) is 24.3. The first-order valence-corrected chi connectivity index (χ1v) is 37.9. The zero-order chi connectivity index (χ0) is 71.9. The van der Waals surface area contributed by atoms with Crippen molar-refractivity contribution in [2.75, 3.05) is 9.80 Å². The lowest BCUT2D eigenvalue weighted by atomic mass is 9.70. The number of anilines is 6. The molecule has 6 heteroatoms. The van der Waals surface area contributed by atoms with Crippen molar-refractivity contribution < 1.29 is 13.3 Å². The first-order chi connectivity index (χ1) is 54.6. The lowest BCUT2D eigenvalue weighted by Crippen LogP contribution is -2.26. The second kappa shape index (κ2) is 23.0. The van der Waals surface area contributed by atoms with E-state index in [1.54, 1.807) is 0 Å². The van der Waals surface area contributed by atoms with Crippen LogP contribution in [0, 0.1) is 0 Å². The summed E-state index contributed by atoms with van der Waals surface area (Å²) in [6.07, 6.45) is 0. The van der Waals surface area contributed by atoms with E-state index in [0.29, 0.717) is 0 Å². The summed E-state index contributed by atoms with van der Waals surface area (Å²) in [6, 6.07) is 139. The molecule has 0 saturated heterocycles. The fraction of sp³-hybridized carbons (Fsp3) is 0.0192. The molecule has 110 heavy (non-hydrogen) atoms. The van der Waals surface area contributed by atoms with E-state index in [2.05, 4.69) is 366 Å². The first kappa shape index (κ1) is 60.8. The molecule has 6 nitrogen and oxygen atoms in total. The summed E-state index contributed by atoms with van der Waals surface area (Å²) in [6.45, 7) is 0. The second-order valence-corrected chi connectivity index (χ2v) is 29.6. The van der Waals surface area contributed by atoms with Gasteiger partial charge in [-0.25, -0.2) is 0 Å². The van der Waals surface area contributed by atoms with Crippen molar-refractivity contribution in [2.45, 2.75) is 10.8 Å². The molecule has 25 rings (SSSR count). The van der Waals surface area contributed by atoms with Crippen molar-refractivity contribution in [3.05, 3.63) is 427 Å². The Morgan fingerprint density at radius 2 is 0.500 bits per heavy atom. The van der Waals surface area contributed by atoms with Crippen molar-refractivity contribution in [2.24, 2.45) is 0 Å². The van der Waals surface area contributed by atoms with Crippen LogP contribution in [0.2, 0.25) is 0 Å². The molecule has 4 heterocycles. The van der Waals surface area contributed by atoms with Gasteiger partial charge in [0.1, 0.15) is 33.5 Å². The molecule has 0 atom stereocenters. The molecule has 4 aromatic heterocycles. The summed E-state index contributed by atoms with van der Waals surface area (Å²) in [4.78, 5) is 4.85. The van der Waals surface area contributed by atoms with Crippen LogP contribution >= 0.6 is 0 Å². The van der Waals surface area contributed by atoms with Gasteiger partial charge in [0.2, 0.25) is 0 Å². The summed E-state index contributed by atoms with van der Waals surface area (Å²) >= 11 is 0. The normalized spacial score (nSPS) is 13.4. The quantitative estimate of drug-likeness (QED) is 0.159. The Balaban J connectivity index is 0.000000129. The SMILES string of the molecule is c1ccc(-n2c3ccccc3c3cc(N(c4ccc5c(c4)oc4ccccc45)c4cccc5c4-c4ccccc4C54c5ccccc5-c5ccccc54)ccc32)cc1.c1ccc2c(c1)-c1ccccc1C21c2ccccc2-c2c(N(c3ccc4c(c3)oc3ccccc34)c3ccc4c(c3)oc3ccccc34)cccc21. The Morgan fingerprint density at radius 1 is 0.200 bits per heavy atom. The zero-order valence-electron chi connectivity index (χ0n) is 59.4. The van der Waals surface area contributed by atoms with Gasteiger partial charge in [0.15, 0.2) is 0 Å². The van der Waals surface area contributed by atoms with E-state index in [9.17, 15) is 0 Å². The first-order valence-electron chi connectivity index (χ1n) is 37.9. The van der Waals surface area contributed by atoms with Gasteiger partial charge in [-0.05, 0) is 181 Å². The average Bonchev–Trinajstić information content (AvgIpc) is 1.51. The number of hydrogen-bond acceptors (Lipinski definition) is 5. The van der Waals surface area contributed by atoms with Gasteiger partial charge in [0, 0.05) is 101 Å². The predicted octanol–water partition coefficient (Wildman–Crippen LogP) is 27.8. The minimum Gasteiger partial charge on any atom is -0.456 e. The molecule has 4 aliphatic rings. The van der Waals surface area contributed by atoms with Crippen LogP contribution in [-0.2, 0) is 10.8 Å². The van der Waals surface area contributed by atoms with E-state index in [-0.39, 0.29) is 0 Å². The number of hydrogen-bond donors (Lipinski definition) is 0. The summed E-state index contributed by atoms with van der Waals surface area (Å²) in [5.41, 5.74) is 35.0.